The van der Waals surface area contributed by atoms with Gasteiger partial charge in [-0.05, 0) is 54.1 Å². The summed E-state index contributed by atoms with van der Waals surface area (Å²) in [4.78, 5) is 13.1. The second-order valence-electron chi connectivity index (χ2n) is 7.41. The van der Waals surface area contributed by atoms with Crippen molar-refractivity contribution in [2.24, 2.45) is 0 Å². The Balaban J connectivity index is 1.62. The lowest BCUT2D eigenvalue weighted by atomic mass is 10.2. The van der Waals surface area contributed by atoms with Gasteiger partial charge >= 0.3 is 0 Å². The van der Waals surface area contributed by atoms with Crippen LogP contribution in [0.3, 0.4) is 0 Å². The van der Waals surface area contributed by atoms with Crippen LogP contribution < -0.4 is 19.1 Å². The maximum atomic E-state index is 13.5. The predicted octanol–water partition coefficient (Wildman–Crippen LogP) is 3.44. The summed E-state index contributed by atoms with van der Waals surface area (Å²) in [6, 6.07) is 20.1. The van der Waals surface area contributed by atoms with Crippen molar-refractivity contribution >= 4 is 27.3 Å². The van der Waals surface area contributed by atoms with Crippen molar-refractivity contribution in [3.05, 3.63) is 78.4 Å². The van der Waals surface area contributed by atoms with Crippen LogP contribution in [0.2, 0.25) is 0 Å². The average molecular weight is 469 g/mol. The number of anilines is 2. The smallest absolute Gasteiger partial charge is 0.267 e. The number of nitrogens with one attached hydrogen (secondary N) is 1. The molecule has 3 aromatic carbocycles. The SMILES string of the molecule is COCc1cccc(NC(=O)[C@H]2CN(S(=O)(=O)c3ccc(OC)cc3)c3ccccc3O2)c1. The Morgan fingerprint density at radius 2 is 1.82 bits per heavy atom. The van der Waals surface area contributed by atoms with Crippen LogP contribution in [0.25, 0.3) is 0 Å². The topological polar surface area (TPSA) is 94.2 Å². The number of methoxy groups -OCH3 is 2. The molecular formula is C24H24N2O6S. The molecule has 0 spiro atoms. The second kappa shape index (κ2) is 9.51. The highest BCUT2D eigenvalue weighted by Gasteiger charge is 2.37. The largest absolute Gasteiger partial charge is 0.497 e. The monoisotopic (exact) mass is 468 g/mol. The Morgan fingerprint density at radius 1 is 1.06 bits per heavy atom. The molecule has 1 amide bonds. The maximum absolute atomic E-state index is 13.5. The van der Waals surface area contributed by atoms with E-state index in [0.29, 0.717) is 29.5 Å². The zero-order valence-electron chi connectivity index (χ0n) is 18.2. The van der Waals surface area contributed by atoms with Crippen molar-refractivity contribution in [1.29, 1.82) is 0 Å². The number of fused-ring (bicyclic) bond motifs is 1. The van der Waals surface area contributed by atoms with Crippen LogP contribution in [-0.4, -0.2) is 41.2 Å². The van der Waals surface area contributed by atoms with E-state index in [-0.39, 0.29) is 11.4 Å². The first-order valence-corrected chi connectivity index (χ1v) is 11.7. The number of amides is 1. The van der Waals surface area contributed by atoms with Gasteiger partial charge in [0.1, 0.15) is 11.5 Å². The Hall–Kier alpha value is -3.56. The zero-order valence-corrected chi connectivity index (χ0v) is 19.0. The van der Waals surface area contributed by atoms with Crippen LogP contribution in [0, 0.1) is 0 Å². The molecule has 33 heavy (non-hydrogen) atoms. The van der Waals surface area contributed by atoms with Crippen molar-refractivity contribution in [3.63, 3.8) is 0 Å². The fourth-order valence-electron chi connectivity index (χ4n) is 3.57. The summed E-state index contributed by atoms with van der Waals surface area (Å²) in [5.41, 5.74) is 1.84. The van der Waals surface area contributed by atoms with Gasteiger partial charge in [0.15, 0.2) is 6.10 Å². The third kappa shape index (κ3) is 4.79. The summed E-state index contributed by atoms with van der Waals surface area (Å²) in [5.74, 6) is 0.410. The number of nitrogens with zero attached hydrogens (tertiary/aromatic N) is 1. The predicted molar refractivity (Wildman–Crippen MR) is 124 cm³/mol. The molecule has 0 aliphatic carbocycles. The van der Waals surface area contributed by atoms with Crippen molar-refractivity contribution in [1.82, 2.24) is 0 Å². The van der Waals surface area contributed by atoms with E-state index in [1.54, 1.807) is 61.7 Å². The van der Waals surface area contributed by atoms with Crippen molar-refractivity contribution < 1.29 is 27.4 Å². The highest BCUT2D eigenvalue weighted by atomic mass is 32.2. The fourth-order valence-corrected chi connectivity index (χ4v) is 5.05. The van der Waals surface area contributed by atoms with Crippen molar-refractivity contribution in [2.75, 3.05) is 30.4 Å². The van der Waals surface area contributed by atoms with Crippen LogP contribution >= 0.6 is 0 Å². The highest BCUT2D eigenvalue weighted by molar-refractivity contribution is 7.92. The number of ether oxygens (including phenoxy) is 3. The van der Waals surface area contributed by atoms with E-state index in [9.17, 15) is 13.2 Å². The molecule has 1 aliphatic heterocycles. The van der Waals surface area contributed by atoms with Gasteiger partial charge in [0.25, 0.3) is 15.9 Å². The quantitative estimate of drug-likeness (QED) is 0.571. The number of benzene rings is 3. The number of sulfonamides is 1. The van der Waals surface area contributed by atoms with Crippen LogP contribution in [0.5, 0.6) is 11.5 Å². The van der Waals surface area contributed by atoms with Crippen LogP contribution in [-0.2, 0) is 26.2 Å². The van der Waals surface area contributed by atoms with E-state index in [1.165, 1.54) is 23.5 Å². The van der Waals surface area contributed by atoms with E-state index in [0.717, 1.165) is 5.56 Å². The normalized spacial score (nSPS) is 15.3. The molecule has 0 saturated heterocycles. The molecule has 0 radical (unpaired) electrons. The average Bonchev–Trinajstić information content (AvgIpc) is 2.83. The van der Waals surface area contributed by atoms with Gasteiger partial charge < -0.3 is 19.5 Å². The Labute approximate surface area is 192 Å². The van der Waals surface area contributed by atoms with E-state index in [4.69, 9.17) is 14.2 Å². The van der Waals surface area contributed by atoms with Gasteiger partial charge in [-0.1, -0.05) is 24.3 Å². The van der Waals surface area contributed by atoms with Gasteiger partial charge in [0, 0.05) is 12.8 Å². The highest BCUT2D eigenvalue weighted by Crippen LogP contribution is 2.37. The number of rotatable bonds is 7. The molecule has 172 valence electrons. The molecule has 0 unspecified atom stereocenters. The van der Waals surface area contributed by atoms with Gasteiger partial charge in [-0.15, -0.1) is 0 Å². The van der Waals surface area contributed by atoms with E-state index < -0.39 is 22.0 Å². The molecule has 1 atom stereocenters. The number of carbonyl (C=O) groups is 1. The molecule has 1 heterocycles. The molecule has 4 rings (SSSR count). The summed E-state index contributed by atoms with van der Waals surface area (Å²) in [5, 5.41) is 2.81. The minimum absolute atomic E-state index is 0.0893. The molecular weight excluding hydrogens is 444 g/mol. The third-order valence-electron chi connectivity index (χ3n) is 5.18. The van der Waals surface area contributed by atoms with Gasteiger partial charge in [0.05, 0.1) is 30.8 Å². The van der Waals surface area contributed by atoms with E-state index in [1.807, 2.05) is 6.07 Å². The maximum Gasteiger partial charge on any atom is 0.267 e. The lowest BCUT2D eigenvalue weighted by Gasteiger charge is -2.34. The minimum Gasteiger partial charge on any atom is -0.497 e. The van der Waals surface area contributed by atoms with Crippen LogP contribution in [0.15, 0.2) is 77.7 Å². The first kappa shape index (κ1) is 22.6. The molecule has 1 aliphatic rings. The summed E-state index contributed by atoms with van der Waals surface area (Å²) >= 11 is 0. The Bertz CT molecular complexity index is 1240. The van der Waals surface area contributed by atoms with Crippen molar-refractivity contribution in [2.45, 2.75) is 17.6 Å². The van der Waals surface area contributed by atoms with Crippen molar-refractivity contribution in [3.8, 4) is 11.5 Å². The number of para-hydroxylation sites is 2. The molecule has 0 saturated carbocycles. The summed E-state index contributed by atoms with van der Waals surface area (Å²) in [7, 11) is -0.849. The Morgan fingerprint density at radius 3 is 2.55 bits per heavy atom. The lowest BCUT2D eigenvalue weighted by molar-refractivity contribution is -0.122. The molecule has 8 nitrogen and oxygen atoms in total. The minimum atomic E-state index is -3.95. The molecule has 0 fully saturated rings. The van der Waals surface area contributed by atoms with Gasteiger partial charge in [-0.25, -0.2) is 8.42 Å². The number of hydrogen-bond donors (Lipinski definition) is 1. The molecule has 0 bridgehead atoms. The summed E-state index contributed by atoms with van der Waals surface area (Å²) in [6.45, 7) is 0.236. The summed E-state index contributed by atoms with van der Waals surface area (Å²) < 4.78 is 44.3. The third-order valence-corrected chi connectivity index (χ3v) is 6.97. The van der Waals surface area contributed by atoms with Crippen LogP contribution in [0.1, 0.15) is 5.56 Å². The van der Waals surface area contributed by atoms with Crippen LogP contribution in [0.4, 0.5) is 11.4 Å². The lowest BCUT2D eigenvalue weighted by Crippen LogP contribution is -2.48. The molecule has 3 aromatic rings. The number of hydrogen-bond acceptors (Lipinski definition) is 6. The standard InChI is InChI=1S/C24H24N2O6S/c1-30-16-17-6-5-7-18(14-17)25-24(27)23-15-26(21-8-3-4-9-22(21)32-23)33(28,29)20-12-10-19(31-2)11-13-20/h3-14,23H,15-16H2,1-2H3,(H,25,27)/t23-/m1/s1. The molecule has 1 N–H and O–H groups in total. The first-order valence-electron chi connectivity index (χ1n) is 10.2. The molecule has 9 heteroatoms. The fraction of sp³-hybridized carbons (Fsp3) is 0.208. The van der Waals surface area contributed by atoms with E-state index in [2.05, 4.69) is 5.32 Å². The van der Waals surface area contributed by atoms with Gasteiger partial charge in [0.2, 0.25) is 0 Å². The van der Waals surface area contributed by atoms with Gasteiger partial charge in [-0.3, -0.25) is 9.10 Å². The van der Waals surface area contributed by atoms with E-state index >= 15 is 0 Å². The zero-order chi connectivity index (χ0) is 23.4. The second-order valence-corrected chi connectivity index (χ2v) is 9.27. The molecule has 0 aromatic heterocycles. The number of carbonyl (C=O) groups excluding carboxylic acids is 1. The van der Waals surface area contributed by atoms with Gasteiger partial charge in [-0.2, -0.15) is 0 Å². The summed E-state index contributed by atoms with van der Waals surface area (Å²) in [6.07, 6.45) is -1.04. The Kier molecular flexibility index (Phi) is 6.52. The first-order chi connectivity index (χ1) is 15.9.